The first-order valence-electron chi connectivity index (χ1n) is 7.21. The fraction of sp³-hybridized carbons (Fsp3) is 0.562. The van der Waals surface area contributed by atoms with Gasteiger partial charge < -0.3 is 10.6 Å². The van der Waals surface area contributed by atoms with E-state index >= 15 is 0 Å². The molecule has 0 radical (unpaired) electrons. The zero-order valence-corrected chi connectivity index (χ0v) is 11.8. The van der Waals surface area contributed by atoms with E-state index in [4.69, 9.17) is 5.73 Å². The van der Waals surface area contributed by atoms with E-state index in [1.54, 1.807) is 0 Å². The Bertz CT molecular complexity index is 512. The maximum absolute atomic E-state index is 12.4. The highest BCUT2D eigenvalue weighted by Crippen LogP contribution is 2.38. The lowest BCUT2D eigenvalue weighted by atomic mass is 9.86. The number of carbonyl (C=O) groups is 1. The molecule has 0 saturated heterocycles. The molecule has 19 heavy (non-hydrogen) atoms. The van der Waals surface area contributed by atoms with Gasteiger partial charge in [-0.3, -0.25) is 4.79 Å². The Kier molecular flexibility index (Phi) is 2.90. The summed E-state index contributed by atoms with van der Waals surface area (Å²) in [6, 6.07) is 6.20. The first kappa shape index (κ1) is 12.7. The van der Waals surface area contributed by atoms with Crippen LogP contribution in [0.2, 0.25) is 0 Å². The minimum Gasteiger partial charge on any atom is -0.322 e. The van der Waals surface area contributed by atoms with Crippen LogP contribution in [-0.2, 0) is 16.8 Å². The van der Waals surface area contributed by atoms with Gasteiger partial charge >= 0.3 is 0 Å². The lowest BCUT2D eigenvalue weighted by Gasteiger charge is -2.34. The van der Waals surface area contributed by atoms with Crippen LogP contribution in [0.4, 0.5) is 5.69 Å². The van der Waals surface area contributed by atoms with Crippen LogP contribution in [0.15, 0.2) is 18.2 Å². The van der Waals surface area contributed by atoms with Crippen molar-refractivity contribution in [2.45, 2.75) is 45.1 Å². The van der Waals surface area contributed by atoms with Gasteiger partial charge in [0.15, 0.2) is 0 Å². The Labute approximate surface area is 114 Å². The molecule has 1 aliphatic heterocycles. The molecule has 102 valence electrons. The molecular weight excluding hydrogens is 236 g/mol. The first-order valence-corrected chi connectivity index (χ1v) is 7.21. The molecule has 1 aliphatic carbocycles. The van der Waals surface area contributed by atoms with Gasteiger partial charge in [-0.1, -0.05) is 12.1 Å². The number of amides is 1. The number of anilines is 1. The van der Waals surface area contributed by atoms with Crippen molar-refractivity contribution in [3.8, 4) is 0 Å². The van der Waals surface area contributed by atoms with Gasteiger partial charge in [0.1, 0.15) is 0 Å². The van der Waals surface area contributed by atoms with Crippen LogP contribution < -0.4 is 10.6 Å². The van der Waals surface area contributed by atoms with Gasteiger partial charge in [-0.2, -0.15) is 0 Å². The van der Waals surface area contributed by atoms with Gasteiger partial charge in [-0.25, -0.2) is 0 Å². The zero-order chi connectivity index (χ0) is 13.6. The molecule has 2 N–H and O–H groups in total. The molecule has 0 unspecified atom stereocenters. The predicted octanol–water partition coefficient (Wildman–Crippen LogP) is 2.57. The first-order chi connectivity index (χ1) is 8.98. The molecule has 1 heterocycles. The molecule has 3 rings (SSSR count). The SMILES string of the molecule is CC(C)(N)c1cccc2c1CCCN2C(=O)C1CC1. The van der Waals surface area contributed by atoms with Gasteiger partial charge in [-0.15, -0.1) is 0 Å². The fourth-order valence-corrected chi connectivity index (χ4v) is 3.01. The van der Waals surface area contributed by atoms with Crippen molar-refractivity contribution in [3.63, 3.8) is 0 Å². The van der Waals surface area contributed by atoms with E-state index < -0.39 is 0 Å². The molecule has 0 spiro atoms. The summed E-state index contributed by atoms with van der Waals surface area (Å²) in [4.78, 5) is 14.4. The van der Waals surface area contributed by atoms with E-state index in [2.05, 4.69) is 12.1 Å². The summed E-state index contributed by atoms with van der Waals surface area (Å²) >= 11 is 0. The molecule has 2 aliphatic rings. The van der Waals surface area contributed by atoms with Crippen molar-refractivity contribution in [2.75, 3.05) is 11.4 Å². The number of nitrogens with two attached hydrogens (primary N) is 1. The van der Waals surface area contributed by atoms with Crippen LogP contribution in [0.25, 0.3) is 0 Å². The molecule has 1 aromatic rings. The van der Waals surface area contributed by atoms with Crippen LogP contribution in [0, 0.1) is 5.92 Å². The summed E-state index contributed by atoms with van der Waals surface area (Å²) in [7, 11) is 0. The molecule has 0 aromatic heterocycles. The summed E-state index contributed by atoms with van der Waals surface area (Å²) in [5.41, 5.74) is 9.47. The number of fused-ring (bicyclic) bond motifs is 1. The number of hydrogen-bond acceptors (Lipinski definition) is 2. The number of benzene rings is 1. The maximum Gasteiger partial charge on any atom is 0.230 e. The van der Waals surface area contributed by atoms with Crippen molar-refractivity contribution in [1.29, 1.82) is 0 Å². The molecule has 3 nitrogen and oxygen atoms in total. The van der Waals surface area contributed by atoms with E-state index in [1.165, 1.54) is 11.1 Å². The lowest BCUT2D eigenvalue weighted by molar-refractivity contribution is -0.119. The quantitative estimate of drug-likeness (QED) is 0.886. The highest BCUT2D eigenvalue weighted by Gasteiger charge is 2.36. The molecule has 1 fully saturated rings. The topological polar surface area (TPSA) is 46.3 Å². The summed E-state index contributed by atoms with van der Waals surface area (Å²) < 4.78 is 0. The highest BCUT2D eigenvalue weighted by atomic mass is 16.2. The van der Waals surface area contributed by atoms with Gasteiger partial charge in [0.2, 0.25) is 5.91 Å². The lowest BCUT2D eigenvalue weighted by Crippen LogP contribution is -2.38. The highest BCUT2D eigenvalue weighted by molar-refractivity contribution is 5.97. The predicted molar refractivity (Wildman–Crippen MR) is 77.1 cm³/mol. The smallest absolute Gasteiger partial charge is 0.230 e. The van der Waals surface area contributed by atoms with Crippen LogP contribution in [0.1, 0.15) is 44.2 Å². The molecule has 3 heteroatoms. The largest absolute Gasteiger partial charge is 0.322 e. The standard InChI is InChI=1S/C16H22N2O/c1-16(2,17)13-6-3-7-14-12(13)5-4-10-18(14)15(19)11-8-9-11/h3,6-7,11H,4-5,8-10,17H2,1-2H3. The van der Waals surface area contributed by atoms with Gasteiger partial charge in [0, 0.05) is 23.7 Å². The Morgan fingerprint density at radius 1 is 1.37 bits per heavy atom. The molecular formula is C16H22N2O. The molecule has 1 aromatic carbocycles. The van der Waals surface area contributed by atoms with Crippen molar-refractivity contribution < 1.29 is 4.79 Å². The Morgan fingerprint density at radius 3 is 2.74 bits per heavy atom. The number of rotatable bonds is 2. The molecule has 1 amide bonds. The van der Waals surface area contributed by atoms with E-state index in [9.17, 15) is 4.79 Å². The second kappa shape index (κ2) is 4.34. The minimum atomic E-state index is -0.350. The van der Waals surface area contributed by atoms with Crippen molar-refractivity contribution >= 4 is 11.6 Å². The molecule has 0 bridgehead atoms. The normalized spacial score (nSPS) is 19.2. The summed E-state index contributed by atoms with van der Waals surface area (Å²) in [5, 5.41) is 0. The Balaban J connectivity index is 2.03. The van der Waals surface area contributed by atoms with E-state index in [0.717, 1.165) is 37.9 Å². The van der Waals surface area contributed by atoms with Gasteiger partial charge in [-0.05, 0) is 56.7 Å². The summed E-state index contributed by atoms with van der Waals surface area (Å²) in [5.74, 6) is 0.591. The van der Waals surface area contributed by atoms with Crippen molar-refractivity contribution in [2.24, 2.45) is 11.7 Å². The molecule has 0 atom stereocenters. The monoisotopic (exact) mass is 258 g/mol. The van der Waals surface area contributed by atoms with Crippen LogP contribution in [0.5, 0.6) is 0 Å². The van der Waals surface area contributed by atoms with Crippen LogP contribution >= 0.6 is 0 Å². The van der Waals surface area contributed by atoms with E-state index in [1.807, 2.05) is 24.8 Å². The second-order valence-electron chi connectivity index (χ2n) is 6.39. The van der Waals surface area contributed by atoms with Gasteiger partial charge in [0.05, 0.1) is 0 Å². The van der Waals surface area contributed by atoms with Gasteiger partial charge in [0.25, 0.3) is 0 Å². The third-order valence-corrected chi connectivity index (χ3v) is 4.14. The summed E-state index contributed by atoms with van der Waals surface area (Å²) in [6.07, 6.45) is 4.19. The minimum absolute atomic E-state index is 0.278. The average molecular weight is 258 g/mol. The maximum atomic E-state index is 12.4. The molecule has 1 saturated carbocycles. The third kappa shape index (κ3) is 2.27. The second-order valence-corrected chi connectivity index (χ2v) is 6.39. The van der Waals surface area contributed by atoms with Crippen LogP contribution in [-0.4, -0.2) is 12.5 Å². The average Bonchev–Trinajstić information content (AvgIpc) is 3.19. The number of nitrogens with zero attached hydrogens (tertiary/aromatic N) is 1. The summed E-state index contributed by atoms with van der Waals surface area (Å²) in [6.45, 7) is 4.92. The Hall–Kier alpha value is -1.35. The fourth-order valence-electron chi connectivity index (χ4n) is 3.01. The van der Waals surface area contributed by atoms with Crippen molar-refractivity contribution in [1.82, 2.24) is 0 Å². The van der Waals surface area contributed by atoms with E-state index in [0.29, 0.717) is 5.91 Å². The number of hydrogen-bond donors (Lipinski definition) is 1. The van der Waals surface area contributed by atoms with E-state index in [-0.39, 0.29) is 11.5 Å². The zero-order valence-electron chi connectivity index (χ0n) is 11.8. The third-order valence-electron chi connectivity index (χ3n) is 4.14. The van der Waals surface area contributed by atoms with Crippen molar-refractivity contribution in [3.05, 3.63) is 29.3 Å². The number of carbonyl (C=O) groups excluding carboxylic acids is 1. The van der Waals surface area contributed by atoms with Crippen LogP contribution in [0.3, 0.4) is 0 Å². The Morgan fingerprint density at radius 2 is 2.11 bits per heavy atom.